The van der Waals surface area contributed by atoms with Crippen molar-refractivity contribution in [1.82, 2.24) is 5.32 Å². The maximum atomic E-state index is 13.9. The average molecular weight is 348 g/mol. The van der Waals surface area contributed by atoms with Gasteiger partial charge in [0.1, 0.15) is 11.6 Å². The summed E-state index contributed by atoms with van der Waals surface area (Å²) in [5.41, 5.74) is -4.63. The van der Waals surface area contributed by atoms with Gasteiger partial charge in [-0.2, -0.15) is 13.2 Å². The molecule has 2 amide bonds. The fraction of sp³-hybridized carbons (Fsp3) is 0.214. The summed E-state index contributed by atoms with van der Waals surface area (Å²) in [6, 6.07) is 5.66. The number of alkyl halides is 3. The van der Waals surface area contributed by atoms with Gasteiger partial charge in [-0.15, -0.1) is 0 Å². The number of nitrogens with zero attached hydrogens (tertiary/aromatic N) is 1. The molecule has 1 N–H and O–H groups in total. The Morgan fingerprint density at radius 1 is 1.35 bits per heavy atom. The third kappa shape index (κ3) is 4.92. The Labute approximate surface area is 133 Å². The number of amides is 2. The number of halogens is 4. The van der Waals surface area contributed by atoms with Crippen molar-refractivity contribution >= 4 is 23.5 Å². The number of hydrogen-bond acceptors (Lipinski definition) is 3. The molecule has 1 aromatic carbocycles. The van der Waals surface area contributed by atoms with Gasteiger partial charge >= 0.3 is 11.5 Å². The second kappa shape index (κ2) is 6.95. The summed E-state index contributed by atoms with van der Waals surface area (Å²) < 4.78 is 55.7. The fourth-order valence-corrected chi connectivity index (χ4v) is 2.33. The van der Waals surface area contributed by atoms with Crippen LogP contribution >= 0.6 is 11.8 Å². The lowest BCUT2D eigenvalue weighted by Crippen LogP contribution is -2.37. The molecule has 0 saturated carbocycles. The molecule has 0 aliphatic rings. The van der Waals surface area contributed by atoms with Crippen LogP contribution in [0.15, 0.2) is 45.9 Å². The van der Waals surface area contributed by atoms with E-state index in [0.717, 1.165) is 23.1 Å². The van der Waals surface area contributed by atoms with Gasteiger partial charge in [-0.25, -0.2) is 9.18 Å². The number of anilines is 1. The minimum absolute atomic E-state index is 0.111. The second-order valence-corrected chi connectivity index (χ2v) is 5.60. The molecule has 23 heavy (non-hydrogen) atoms. The second-order valence-electron chi connectivity index (χ2n) is 4.46. The zero-order valence-electron chi connectivity index (χ0n) is 11.9. The van der Waals surface area contributed by atoms with E-state index in [-0.39, 0.29) is 17.1 Å². The highest BCUT2D eigenvalue weighted by molar-refractivity contribution is 8.00. The van der Waals surface area contributed by atoms with Gasteiger partial charge < -0.3 is 9.73 Å². The van der Waals surface area contributed by atoms with Gasteiger partial charge in [0.25, 0.3) is 0 Å². The minimum atomic E-state index is -4.50. The molecule has 1 aromatic heterocycles. The molecule has 0 spiro atoms. The van der Waals surface area contributed by atoms with Crippen LogP contribution in [0.1, 0.15) is 5.76 Å². The summed E-state index contributed by atoms with van der Waals surface area (Å²) in [4.78, 5) is 12.6. The summed E-state index contributed by atoms with van der Waals surface area (Å²) >= 11 is -0.419. The van der Waals surface area contributed by atoms with Crippen molar-refractivity contribution in [2.45, 2.75) is 16.9 Å². The Morgan fingerprint density at radius 2 is 2.09 bits per heavy atom. The number of urea groups is 1. The lowest BCUT2D eigenvalue weighted by molar-refractivity contribution is -0.0328. The molecule has 0 aliphatic carbocycles. The molecule has 0 atom stereocenters. The van der Waals surface area contributed by atoms with E-state index < -0.39 is 29.1 Å². The molecule has 4 nitrogen and oxygen atoms in total. The molecule has 124 valence electrons. The van der Waals surface area contributed by atoms with Gasteiger partial charge in [0.2, 0.25) is 0 Å². The monoisotopic (exact) mass is 348 g/mol. The van der Waals surface area contributed by atoms with E-state index >= 15 is 0 Å². The fourth-order valence-electron chi connectivity index (χ4n) is 1.76. The van der Waals surface area contributed by atoms with Crippen LogP contribution in [0.25, 0.3) is 0 Å². The third-order valence-corrected chi connectivity index (χ3v) is 3.53. The summed E-state index contributed by atoms with van der Waals surface area (Å²) in [5, 5.41) is 2.50. The van der Waals surface area contributed by atoms with Crippen LogP contribution < -0.4 is 10.2 Å². The van der Waals surface area contributed by atoms with Crippen molar-refractivity contribution < 1.29 is 26.8 Å². The maximum absolute atomic E-state index is 13.9. The van der Waals surface area contributed by atoms with Crippen LogP contribution in [0.4, 0.5) is 28.0 Å². The van der Waals surface area contributed by atoms with E-state index in [1.54, 1.807) is 12.1 Å². The predicted molar refractivity (Wildman–Crippen MR) is 77.7 cm³/mol. The van der Waals surface area contributed by atoms with Crippen molar-refractivity contribution in [2.75, 3.05) is 11.9 Å². The molecular weight excluding hydrogens is 336 g/mol. The largest absolute Gasteiger partial charge is 0.467 e. The highest BCUT2D eigenvalue weighted by Crippen LogP contribution is 2.38. The quantitative estimate of drug-likeness (QED) is 0.659. The van der Waals surface area contributed by atoms with Gasteiger partial charge in [0.05, 0.1) is 18.5 Å². The van der Waals surface area contributed by atoms with E-state index in [1.807, 2.05) is 0 Å². The summed E-state index contributed by atoms with van der Waals surface area (Å²) in [5.74, 6) is -0.404. The van der Waals surface area contributed by atoms with E-state index in [0.29, 0.717) is 5.76 Å². The molecule has 9 heteroatoms. The summed E-state index contributed by atoms with van der Waals surface area (Å²) in [7, 11) is 1.31. The Kier molecular flexibility index (Phi) is 5.19. The third-order valence-electron chi connectivity index (χ3n) is 2.81. The molecule has 0 bridgehead atoms. The molecular formula is C14H12F4N2O2S. The first-order valence-electron chi connectivity index (χ1n) is 6.35. The molecule has 0 saturated heterocycles. The number of rotatable bonds is 4. The topological polar surface area (TPSA) is 45.5 Å². The van der Waals surface area contributed by atoms with Crippen LogP contribution in [0, 0.1) is 5.82 Å². The summed E-state index contributed by atoms with van der Waals surface area (Å²) in [6.07, 6.45) is 1.45. The van der Waals surface area contributed by atoms with E-state index in [4.69, 9.17) is 4.42 Å². The van der Waals surface area contributed by atoms with Crippen molar-refractivity contribution in [3.63, 3.8) is 0 Å². The SMILES string of the molecule is CN(C(=O)NCc1ccco1)c1ccc(SC(F)(F)F)cc1F. The van der Waals surface area contributed by atoms with Gasteiger partial charge in [-0.05, 0) is 42.1 Å². The average Bonchev–Trinajstić information content (AvgIpc) is 2.95. The first-order valence-corrected chi connectivity index (χ1v) is 7.17. The van der Waals surface area contributed by atoms with E-state index in [9.17, 15) is 22.4 Å². The molecule has 2 aromatic rings. The van der Waals surface area contributed by atoms with Gasteiger partial charge in [0.15, 0.2) is 0 Å². The van der Waals surface area contributed by atoms with Crippen molar-refractivity contribution in [2.24, 2.45) is 0 Å². The van der Waals surface area contributed by atoms with Crippen LogP contribution in [0.5, 0.6) is 0 Å². The Hall–Kier alpha value is -2.16. The Balaban J connectivity index is 2.03. The zero-order chi connectivity index (χ0) is 17.0. The lowest BCUT2D eigenvalue weighted by Gasteiger charge is -2.19. The lowest BCUT2D eigenvalue weighted by atomic mass is 10.3. The van der Waals surface area contributed by atoms with Crippen LogP contribution in [-0.2, 0) is 6.54 Å². The molecule has 0 unspecified atom stereocenters. The van der Waals surface area contributed by atoms with Crippen molar-refractivity contribution in [1.29, 1.82) is 0 Å². The van der Waals surface area contributed by atoms with E-state index in [1.165, 1.54) is 13.3 Å². The number of carbonyl (C=O) groups excluding carboxylic acids is 1. The molecule has 0 aliphatic heterocycles. The van der Waals surface area contributed by atoms with Crippen molar-refractivity contribution in [3.05, 3.63) is 48.2 Å². The standard InChI is InChI=1S/C14H12F4N2O2S/c1-20(13(21)19-8-9-3-2-6-22-9)12-5-4-10(7-11(12)15)23-14(16,17)18/h2-7H,8H2,1H3,(H,19,21). The van der Waals surface area contributed by atoms with E-state index in [2.05, 4.69) is 5.32 Å². The normalized spacial score (nSPS) is 11.3. The highest BCUT2D eigenvalue weighted by atomic mass is 32.2. The number of carbonyl (C=O) groups is 1. The van der Waals surface area contributed by atoms with Gasteiger partial charge in [-0.1, -0.05) is 0 Å². The Morgan fingerprint density at radius 3 is 2.65 bits per heavy atom. The predicted octanol–water partition coefficient (Wildman–Crippen LogP) is 4.38. The number of nitrogens with one attached hydrogen (secondary N) is 1. The molecule has 0 fully saturated rings. The zero-order valence-corrected chi connectivity index (χ0v) is 12.7. The number of hydrogen-bond donors (Lipinski definition) is 1. The molecule has 0 radical (unpaired) electrons. The van der Waals surface area contributed by atoms with Crippen LogP contribution in [0.2, 0.25) is 0 Å². The number of furan rings is 1. The number of thioether (sulfide) groups is 1. The first-order chi connectivity index (χ1) is 10.8. The maximum Gasteiger partial charge on any atom is 0.446 e. The summed E-state index contributed by atoms with van der Waals surface area (Å²) in [6.45, 7) is 0.111. The van der Waals surface area contributed by atoms with Gasteiger partial charge in [0, 0.05) is 11.9 Å². The minimum Gasteiger partial charge on any atom is -0.467 e. The first kappa shape index (κ1) is 17.2. The molecule has 2 rings (SSSR count). The smallest absolute Gasteiger partial charge is 0.446 e. The molecule has 1 heterocycles. The van der Waals surface area contributed by atoms with Crippen LogP contribution in [0.3, 0.4) is 0 Å². The highest BCUT2D eigenvalue weighted by Gasteiger charge is 2.29. The van der Waals surface area contributed by atoms with Crippen LogP contribution in [-0.4, -0.2) is 18.6 Å². The van der Waals surface area contributed by atoms with Gasteiger partial charge in [-0.3, -0.25) is 4.90 Å². The number of benzene rings is 1. The van der Waals surface area contributed by atoms with Crippen molar-refractivity contribution in [3.8, 4) is 0 Å². The Bertz CT molecular complexity index is 674.